The van der Waals surface area contributed by atoms with Crippen molar-refractivity contribution in [2.75, 3.05) is 30.2 Å². The van der Waals surface area contributed by atoms with E-state index in [9.17, 15) is 4.79 Å². The molecule has 0 aliphatic carbocycles. The second kappa shape index (κ2) is 6.95. The number of rotatable bonds is 2. The zero-order valence-corrected chi connectivity index (χ0v) is 18.3. The first-order chi connectivity index (χ1) is 14.0. The molecular weight excluding hydrogens is 408 g/mol. The highest BCUT2D eigenvalue weighted by molar-refractivity contribution is 8.00. The Morgan fingerprint density at radius 1 is 1.17 bits per heavy atom. The van der Waals surface area contributed by atoms with Crippen molar-refractivity contribution in [2.45, 2.75) is 41.3 Å². The van der Waals surface area contributed by atoms with Crippen molar-refractivity contribution in [3.05, 3.63) is 35.4 Å². The van der Waals surface area contributed by atoms with Gasteiger partial charge in [-0.2, -0.15) is 0 Å². The molecule has 0 radical (unpaired) electrons. The van der Waals surface area contributed by atoms with Crippen LogP contribution in [0.5, 0.6) is 11.5 Å². The minimum Gasteiger partial charge on any atom is -0.495 e. The lowest BCUT2D eigenvalue weighted by Gasteiger charge is -2.50. The van der Waals surface area contributed by atoms with Crippen LogP contribution in [-0.4, -0.2) is 43.6 Å². The number of hydrogen-bond donors (Lipinski definition) is 1. The number of anilines is 2. The zero-order valence-electron chi connectivity index (χ0n) is 16.6. The van der Waals surface area contributed by atoms with Gasteiger partial charge in [0.1, 0.15) is 22.9 Å². The van der Waals surface area contributed by atoms with E-state index in [0.29, 0.717) is 5.75 Å². The van der Waals surface area contributed by atoms with Gasteiger partial charge < -0.3 is 24.4 Å². The third-order valence-corrected chi connectivity index (χ3v) is 7.80. The first-order valence-electron chi connectivity index (χ1n) is 9.42. The molecule has 3 aliphatic heterocycles. The molecule has 3 heterocycles. The predicted molar refractivity (Wildman–Crippen MR) is 116 cm³/mol. The Kier molecular flexibility index (Phi) is 4.51. The summed E-state index contributed by atoms with van der Waals surface area (Å²) in [5, 5.41) is 3.42. The van der Waals surface area contributed by atoms with E-state index in [1.165, 1.54) is 7.11 Å². The molecule has 0 amide bonds. The Balaban J connectivity index is 1.65. The molecule has 5 rings (SSSR count). The Hall–Kier alpha value is -2.19. The molecule has 3 atom stereocenters. The minimum absolute atomic E-state index is 0.104. The maximum atomic E-state index is 12.7. The molecule has 2 aromatic carbocycles. The van der Waals surface area contributed by atoms with E-state index >= 15 is 0 Å². The van der Waals surface area contributed by atoms with Crippen LogP contribution in [0.25, 0.3) is 0 Å². The lowest BCUT2D eigenvalue weighted by Crippen LogP contribution is -2.60. The number of carbonyl (C=O) groups excluding carboxylic acids is 1. The number of nitrogens with zero attached hydrogens (tertiary/aromatic N) is 1. The number of esters is 1. The van der Waals surface area contributed by atoms with Crippen LogP contribution in [0.15, 0.2) is 34.1 Å². The molecule has 2 aromatic rings. The van der Waals surface area contributed by atoms with Gasteiger partial charge in [-0.1, -0.05) is 11.8 Å². The Morgan fingerprint density at radius 3 is 2.69 bits per heavy atom. The van der Waals surface area contributed by atoms with E-state index < -0.39 is 0 Å². The molecule has 29 heavy (non-hydrogen) atoms. The second-order valence-electron chi connectivity index (χ2n) is 7.40. The van der Waals surface area contributed by atoms with E-state index in [1.54, 1.807) is 30.6 Å². The monoisotopic (exact) mass is 430 g/mol. The van der Waals surface area contributed by atoms with Gasteiger partial charge in [0, 0.05) is 15.5 Å². The Morgan fingerprint density at radius 2 is 1.93 bits per heavy atom. The number of ether oxygens (including phenoxy) is 3. The summed E-state index contributed by atoms with van der Waals surface area (Å²) in [5.74, 6) is 2.02. The maximum absolute atomic E-state index is 12.7. The van der Waals surface area contributed by atoms with Gasteiger partial charge in [0.2, 0.25) is 6.23 Å². The number of carbonyl (C=O) groups is 1. The van der Waals surface area contributed by atoms with Crippen molar-refractivity contribution in [2.24, 2.45) is 0 Å². The largest absolute Gasteiger partial charge is 0.495 e. The van der Waals surface area contributed by atoms with E-state index in [2.05, 4.69) is 36.2 Å². The topological polar surface area (TPSA) is 60.0 Å². The van der Waals surface area contributed by atoms with Crippen LogP contribution >= 0.6 is 23.5 Å². The molecule has 0 spiro atoms. The van der Waals surface area contributed by atoms with Gasteiger partial charge in [-0.25, -0.2) is 4.79 Å². The van der Waals surface area contributed by atoms with E-state index in [1.807, 2.05) is 12.1 Å². The van der Waals surface area contributed by atoms with Crippen LogP contribution < -0.4 is 19.7 Å². The standard InChI is InChI=1S/C21H22N2O4S2/c1-10-5-13(25-3)17-15(7-10)29-20-19(22-17)27-14-6-11(2)8-16-18(14)23(20)12(9-28-16)21(24)26-4/h5-8,12,19-20,22H,9H2,1-4H3. The summed E-state index contributed by atoms with van der Waals surface area (Å²) in [6.45, 7) is 4.12. The SMILES string of the molecule is COC(=O)C1CSc2cc(C)cc3c2N1C1Sc2cc(C)cc(OC)c2NC1O3. The molecule has 0 bridgehead atoms. The second-order valence-corrected chi connectivity index (χ2v) is 9.62. The maximum Gasteiger partial charge on any atom is 0.329 e. The summed E-state index contributed by atoms with van der Waals surface area (Å²) < 4.78 is 17.2. The third-order valence-electron chi connectivity index (χ3n) is 5.40. The number of methoxy groups -OCH3 is 2. The highest BCUT2D eigenvalue weighted by Gasteiger charge is 2.48. The highest BCUT2D eigenvalue weighted by atomic mass is 32.2. The molecule has 0 saturated heterocycles. The molecule has 1 N–H and O–H groups in total. The van der Waals surface area contributed by atoms with Crippen molar-refractivity contribution in [3.63, 3.8) is 0 Å². The number of benzene rings is 2. The molecule has 0 saturated carbocycles. The summed E-state index contributed by atoms with van der Waals surface area (Å²) in [6.07, 6.45) is -0.318. The fourth-order valence-electron chi connectivity index (χ4n) is 4.14. The Labute approximate surface area is 178 Å². The van der Waals surface area contributed by atoms with Crippen LogP contribution in [0, 0.1) is 13.8 Å². The average Bonchev–Trinajstić information content (AvgIpc) is 2.71. The van der Waals surface area contributed by atoms with Crippen LogP contribution in [-0.2, 0) is 9.53 Å². The van der Waals surface area contributed by atoms with Crippen molar-refractivity contribution in [1.82, 2.24) is 0 Å². The normalized spacial score (nSPS) is 23.7. The quantitative estimate of drug-likeness (QED) is 0.717. The van der Waals surface area contributed by atoms with Gasteiger partial charge in [-0.3, -0.25) is 0 Å². The molecule has 6 nitrogen and oxygen atoms in total. The molecular formula is C21H22N2O4S2. The number of aryl methyl sites for hydroxylation is 2. The van der Waals surface area contributed by atoms with Crippen molar-refractivity contribution < 1.29 is 19.0 Å². The predicted octanol–water partition coefficient (Wildman–Crippen LogP) is 4.03. The van der Waals surface area contributed by atoms with Crippen molar-refractivity contribution in [3.8, 4) is 11.5 Å². The Bertz CT molecular complexity index is 1010. The van der Waals surface area contributed by atoms with E-state index in [-0.39, 0.29) is 23.6 Å². The summed E-state index contributed by atoms with van der Waals surface area (Å²) in [6, 6.07) is 7.99. The fourth-order valence-corrected chi connectivity index (χ4v) is 6.80. The first-order valence-corrected chi connectivity index (χ1v) is 11.3. The number of hydrogen-bond acceptors (Lipinski definition) is 8. The summed E-state index contributed by atoms with van der Waals surface area (Å²) in [4.78, 5) is 17.1. The molecule has 0 fully saturated rings. The van der Waals surface area contributed by atoms with Gasteiger partial charge in [0.15, 0.2) is 0 Å². The minimum atomic E-state index is -0.363. The average molecular weight is 431 g/mol. The number of fused-ring (bicyclic) bond motifs is 3. The lowest BCUT2D eigenvalue weighted by atomic mass is 10.1. The molecule has 3 unspecified atom stereocenters. The van der Waals surface area contributed by atoms with Crippen LogP contribution in [0.4, 0.5) is 11.4 Å². The number of thioether (sulfide) groups is 2. The number of nitrogens with one attached hydrogen (secondary N) is 1. The smallest absolute Gasteiger partial charge is 0.329 e. The first kappa shape index (κ1) is 18.8. The highest BCUT2D eigenvalue weighted by Crippen LogP contribution is 2.54. The van der Waals surface area contributed by atoms with Crippen molar-refractivity contribution >= 4 is 40.9 Å². The molecule has 3 aliphatic rings. The summed E-state index contributed by atoms with van der Waals surface area (Å²) >= 11 is 3.38. The van der Waals surface area contributed by atoms with Gasteiger partial charge in [0.25, 0.3) is 0 Å². The van der Waals surface area contributed by atoms with Crippen molar-refractivity contribution in [1.29, 1.82) is 0 Å². The summed E-state index contributed by atoms with van der Waals surface area (Å²) in [7, 11) is 3.13. The summed E-state index contributed by atoms with van der Waals surface area (Å²) in [5.41, 5.74) is 4.18. The molecule has 8 heteroatoms. The van der Waals surface area contributed by atoms with Gasteiger partial charge in [0.05, 0.1) is 25.6 Å². The van der Waals surface area contributed by atoms with Gasteiger partial charge in [-0.05, 0) is 49.2 Å². The fraction of sp³-hybridized carbons (Fsp3) is 0.381. The van der Waals surface area contributed by atoms with E-state index in [0.717, 1.165) is 43.8 Å². The third kappa shape index (κ3) is 2.92. The molecule has 0 aromatic heterocycles. The van der Waals surface area contributed by atoms with Gasteiger partial charge in [-0.15, -0.1) is 11.8 Å². The molecule has 152 valence electrons. The lowest BCUT2D eigenvalue weighted by molar-refractivity contribution is -0.141. The van der Waals surface area contributed by atoms with Crippen LogP contribution in [0.2, 0.25) is 0 Å². The zero-order chi connectivity index (χ0) is 20.3. The van der Waals surface area contributed by atoms with Crippen LogP contribution in [0.1, 0.15) is 11.1 Å². The van der Waals surface area contributed by atoms with E-state index in [4.69, 9.17) is 14.2 Å². The van der Waals surface area contributed by atoms with Gasteiger partial charge >= 0.3 is 5.97 Å². The van der Waals surface area contributed by atoms with Crippen LogP contribution in [0.3, 0.4) is 0 Å².